The lowest BCUT2D eigenvalue weighted by Gasteiger charge is -2.39. The first-order valence-electron chi connectivity index (χ1n) is 8.44. The summed E-state index contributed by atoms with van der Waals surface area (Å²) in [5.41, 5.74) is 5.27. The summed E-state index contributed by atoms with van der Waals surface area (Å²) in [7, 11) is 0. The van der Waals surface area contributed by atoms with Crippen molar-refractivity contribution in [3.05, 3.63) is 70.8 Å². The lowest BCUT2D eigenvalue weighted by molar-refractivity contribution is -0.121. The van der Waals surface area contributed by atoms with Gasteiger partial charge in [0.25, 0.3) is 0 Å². The molecule has 0 spiro atoms. The number of aryl methyl sites for hydroxylation is 2. The van der Waals surface area contributed by atoms with Gasteiger partial charge in [-0.1, -0.05) is 48.5 Å². The quantitative estimate of drug-likeness (QED) is 0.813. The van der Waals surface area contributed by atoms with Crippen LogP contribution in [0.1, 0.15) is 22.3 Å². The topological polar surface area (TPSA) is 20.3 Å². The Bertz CT molecular complexity index is 671. The van der Waals surface area contributed by atoms with Crippen LogP contribution in [0, 0.1) is 19.8 Å². The van der Waals surface area contributed by atoms with Gasteiger partial charge in [0.15, 0.2) is 5.78 Å². The molecule has 0 N–H and O–H groups in total. The molecule has 2 nitrogen and oxygen atoms in total. The van der Waals surface area contributed by atoms with Crippen LogP contribution < -0.4 is 0 Å². The summed E-state index contributed by atoms with van der Waals surface area (Å²) in [6.45, 7) is 7.02. The summed E-state index contributed by atoms with van der Waals surface area (Å²) in [6.07, 6.45) is 1.68. The molecule has 1 aliphatic rings. The summed E-state index contributed by atoms with van der Waals surface area (Å²) in [5, 5.41) is 0. The second-order valence-electron chi connectivity index (χ2n) is 6.88. The molecule has 2 aromatic rings. The van der Waals surface area contributed by atoms with Crippen molar-refractivity contribution in [3.8, 4) is 0 Å². The van der Waals surface area contributed by atoms with Gasteiger partial charge in [0.05, 0.1) is 6.54 Å². The molecule has 0 atom stereocenters. The van der Waals surface area contributed by atoms with E-state index < -0.39 is 0 Å². The molecule has 3 rings (SSSR count). The number of Topliss-reactive ketones (excluding diaryl/α,β-unsaturated/α-hetero) is 1. The van der Waals surface area contributed by atoms with Crippen LogP contribution in [-0.2, 0) is 17.6 Å². The largest absolute Gasteiger partial charge is 0.298 e. The second-order valence-corrected chi connectivity index (χ2v) is 6.88. The average molecular weight is 307 g/mol. The summed E-state index contributed by atoms with van der Waals surface area (Å²) >= 11 is 0. The molecule has 1 heterocycles. The number of carbonyl (C=O) groups is 1. The maximum absolute atomic E-state index is 12.1. The zero-order chi connectivity index (χ0) is 16.2. The molecule has 0 unspecified atom stereocenters. The van der Waals surface area contributed by atoms with Crippen LogP contribution in [-0.4, -0.2) is 30.3 Å². The number of hydrogen-bond donors (Lipinski definition) is 0. The zero-order valence-electron chi connectivity index (χ0n) is 14.1. The fraction of sp³-hybridized carbons (Fsp3) is 0.381. The van der Waals surface area contributed by atoms with Crippen molar-refractivity contribution in [1.82, 2.24) is 4.90 Å². The van der Waals surface area contributed by atoms with E-state index in [1.165, 1.54) is 16.7 Å². The van der Waals surface area contributed by atoms with E-state index >= 15 is 0 Å². The van der Waals surface area contributed by atoms with Crippen molar-refractivity contribution in [1.29, 1.82) is 0 Å². The summed E-state index contributed by atoms with van der Waals surface area (Å²) < 4.78 is 0. The molecule has 0 saturated carbocycles. The number of benzene rings is 2. The maximum atomic E-state index is 12.1. The molecule has 1 saturated heterocycles. The van der Waals surface area contributed by atoms with Gasteiger partial charge in [0, 0.05) is 19.5 Å². The third kappa shape index (κ3) is 4.29. The Morgan fingerprint density at radius 2 is 1.74 bits per heavy atom. The van der Waals surface area contributed by atoms with Gasteiger partial charge in [-0.3, -0.25) is 9.69 Å². The van der Waals surface area contributed by atoms with Gasteiger partial charge in [0.2, 0.25) is 0 Å². The molecular formula is C21H25NO. The van der Waals surface area contributed by atoms with Crippen molar-refractivity contribution in [2.75, 3.05) is 19.6 Å². The summed E-state index contributed by atoms with van der Waals surface area (Å²) in [6, 6.07) is 16.8. The highest BCUT2D eigenvalue weighted by Crippen LogP contribution is 2.21. The summed E-state index contributed by atoms with van der Waals surface area (Å²) in [4.78, 5) is 14.4. The molecule has 2 heteroatoms. The predicted octanol–water partition coefficient (Wildman–Crippen LogP) is 3.59. The molecule has 0 amide bonds. The highest BCUT2D eigenvalue weighted by Gasteiger charge is 2.28. The molecular weight excluding hydrogens is 282 g/mol. The van der Waals surface area contributed by atoms with Gasteiger partial charge < -0.3 is 0 Å². The van der Waals surface area contributed by atoms with E-state index in [4.69, 9.17) is 0 Å². The Balaban J connectivity index is 1.42. The molecule has 2 aromatic carbocycles. The van der Waals surface area contributed by atoms with Crippen molar-refractivity contribution < 1.29 is 4.79 Å². The number of likely N-dealkylation sites (tertiary alicyclic amines) is 1. The fourth-order valence-electron chi connectivity index (χ4n) is 3.33. The molecule has 23 heavy (non-hydrogen) atoms. The van der Waals surface area contributed by atoms with Crippen LogP contribution in [0.5, 0.6) is 0 Å². The predicted molar refractivity (Wildman–Crippen MR) is 94.7 cm³/mol. The first kappa shape index (κ1) is 15.9. The number of carbonyl (C=O) groups excluding carboxylic acids is 1. The number of rotatable bonds is 6. The smallest absolute Gasteiger partial charge is 0.151 e. The third-order valence-corrected chi connectivity index (χ3v) is 4.77. The van der Waals surface area contributed by atoms with Crippen LogP contribution >= 0.6 is 0 Å². The lowest BCUT2D eigenvalue weighted by atomic mass is 9.90. The Morgan fingerprint density at radius 1 is 1.00 bits per heavy atom. The van der Waals surface area contributed by atoms with E-state index in [-0.39, 0.29) is 0 Å². The monoisotopic (exact) mass is 307 g/mol. The minimum atomic E-state index is 0.320. The van der Waals surface area contributed by atoms with Gasteiger partial charge in [-0.15, -0.1) is 0 Å². The normalized spacial score (nSPS) is 15.4. The van der Waals surface area contributed by atoms with E-state index in [1.807, 2.05) is 30.3 Å². The van der Waals surface area contributed by atoms with Crippen LogP contribution in [0.15, 0.2) is 48.5 Å². The SMILES string of the molecule is Cc1ccc(CC2CN(CC(=O)Cc3ccccc3)C2)cc1C. The van der Waals surface area contributed by atoms with Crippen molar-refractivity contribution in [3.63, 3.8) is 0 Å². The van der Waals surface area contributed by atoms with E-state index in [0.717, 1.165) is 25.1 Å². The molecule has 120 valence electrons. The minimum Gasteiger partial charge on any atom is -0.298 e. The maximum Gasteiger partial charge on any atom is 0.151 e. The van der Waals surface area contributed by atoms with Crippen LogP contribution in [0.2, 0.25) is 0 Å². The molecule has 0 bridgehead atoms. The zero-order valence-corrected chi connectivity index (χ0v) is 14.1. The number of hydrogen-bond acceptors (Lipinski definition) is 2. The van der Waals surface area contributed by atoms with Gasteiger partial charge >= 0.3 is 0 Å². The molecule has 1 fully saturated rings. The van der Waals surface area contributed by atoms with Crippen LogP contribution in [0.25, 0.3) is 0 Å². The van der Waals surface area contributed by atoms with E-state index in [1.54, 1.807) is 0 Å². The first-order valence-corrected chi connectivity index (χ1v) is 8.44. The second kappa shape index (κ2) is 7.10. The summed E-state index contributed by atoms with van der Waals surface area (Å²) in [5.74, 6) is 1.02. The Morgan fingerprint density at radius 3 is 2.43 bits per heavy atom. The highest BCUT2D eigenvalue weighted by molar-refractivity contribution is 5.82. The van der Waals surface area contributed by atoms with Gasteiger partial charge in [0.1, 0.15) is 0 Å². The van der Waals surface area contributed by atoms with Gasteiger partial charge in [-0.2, -0.15) is 0 Å². The fourth-order valence-corrected chi connectivity index (χ4v) is 3.33. The Hall–Kier alpha value is -1.93. The molecule has 0 radical (unpaired) electrons. The average Bonchev–Trinajstić information content (AvgIpc) is 2.49. The van der Waals surface area contributed by atoms with Gasteiger partial charge in [-0.25, -0.2) is 0 Å². The van der Waals surface area contributed by atoms with Crippen molar-refractivity contribution >= 4 is 5.78 Å². The highest BCUT2D eigenvalue weighted by atomic mass is 16.1. The molecule has 1 aliphatic heterocycles. The van der Waals surface area contributed by atoms with Crippen LogP contribution in [0.3, 0.4) is 0 Å². The van der Waals surface area contributed by atoms with Crippen molar-refractivity contribution in [2.45, 2.75) is 26.7 Å². The number of nitrogens with zero attached hydrogens (tertiary/aromatic N) is 1. The van der Waals surface area contributed by atoms with E-state index in [0.29, 0.717) is 24.7 Å². The standard InChI is InChI=1S/C21H25NO/c1-16-8-9-19(10-17(16)2)11-20-13-22(14-20)15-21(23)12-18-6-4-3-5-7-18/h3-10,20H,11-15H2,1-2H3. The van der Waals surface area contributed by atoms with Crippen LogP contribution in [0.4, 0.5) is 0 Å². The third-order valence-electron chi connectivity index (χ3n) is 4.77. The number of ketones is 1. The van der Waals surface area contributed by atoms with E-state index in [2.05, 4.69) is 36.9 Å². The van der Waals surface area contributed by atoms with Crippen molar-refractivity contribution in [2.24, 2.45) is 5.92 Å². The minimum absolute atomic E-state index is 0.320. The lowest BCUT2D eigenvalue weighted by Crippen LogP contribution is -2.49. The Kier molecular flexibility index (Phi) is 4.92. The van der Waals surface area contributed by atoms with Gasteiger partial charge in [-0.05, 0) is 48.4 Å². The molecule has 0 aromatic heterocycles. The first-order chi connectivity index (χ1) is 11.1. The Labute approximate surface area is 139 Å². The van der Waals surface area contributed by atoms with E-state index in [9.17, 15) is 4.79 Å². The molecule has 0 aliphatic carbocycles.